The number of amides is 2. The van der Waals surface area contributed by atoms with Crippen LogP contribution >= 0.6 is 0 Å². The molecule has 4 rings (SSSR count). The number of fused-ring (bicyclic) bond motifs is 1. The number of nitrogens with zero attached hydrogens (tertiary/aromatic N) is 3. The fraction of sp³-hybridized carbons (Fsp3) is 0.400. The molecule has 0 spiro atoms. The molecule has 0 atom stereocenters. The molecule has 2 aromatic heterocycles. The van der Waals surface area contributed by atoms with Crippen molar-refractivity contribution in [3.63, 3.8) is 0 Å². The Balaban J connectivity index is 1.33. The molecule has 1 N–H and O–H groups in total. The van der Waals surface area contributed by atoms with Crippen molar-refractivity contribution in [3.05, 3.63) is 65.9 Å². The zero-order chi connectivity index (χ0) is 23.6. The second-order valence-electron chi connectivity index (χ2n) is 9.43. The van der Waals surface area contributed by atoms with Gasteiger partial charge in [0.25, 0.3) is 0 Å². The number of benzene rings is 1. The highest BCUT2D eigenvalue weighted by Crippen LogP contribution is 2.31. The van der Waals surface area contributed by atoms with E-state index in [1.54, 1.807) is 17.2 Å². The highest BCUT2D eigenvalue weighted by atomic mass is 19.1. The molecule has 1 saturated heterocycles. The zero-order valence-corrected chi connectivity index (χ0v) is 19.2. The van der Waals surface area contributed by atoms with Gasteiger partial charge in [0.05, 0.1) is 12.1 Å². The first kappa shape index (κ1) is 22.8. The Labute approximate surface area is 192 Å². The Kier molecular flexibility index (Phi) is 6.35. The molecule has 0 bridgehead atoms. The molecule has 33 heavy (non-hydrogen) atoms. The topological polar surface area (TPSA) is 75.9 Å². The number of ether oxygens (including phenoxy) is 1. The van der Waals surface area contributed by atoms with Gasteiger partial charge in [-0.25, -0.2) is 14.2 Å². The van der Waals surface area contributed by atoms with E-state index in [1.165, 1.54) is 6.07 Å². The molecule has 2 amide bonds. The van der Waals surface area contributed by atoms with Crippen LogP contribution in [-0.4, -0.2) is 45.0 Å². The summed E-state index contributed by atoms with van der Waals surface area (Å²) in [7, 11) is 0. The summed E-state index contributed by atoms with van der Waals surface area (Å²) >= 11 is 0. The average molecular weight is 453 g/mol. The lowest BCUT2D eigenvalue weighted by atomic mass is 9.89. The first-order valence-electron chi connectivity index (χ1n) is 11.2. The maximum atomic E-state index is 14.7. The Morgan fingerprint density at radius 1 is 1.15 bits per heavy atom. The summed E-state index contributed by atoms with van der Waals surface area (Å²) in [6, 6.07) is 8.63. The molecule has 1 aliphatic rings. The van der Waals surface area contributed by atoms with Gasteiger partial charge >= 0.3 is 6.09 Å². The number of aromatic nitrogens is 2. The number of pyridine rings is 1. The predicted molar refractivity (Wildman–Crippen MR) is 124 cm³/mol. The van der Waals surface area contributed by atoms with E-state index < -0.39 is 11.4 Å². The molecule has 8 heteroatoms. The third-order valence-corrected chi connectivity index (χ3v) is 5.71. The van der Waals surface area contributed by atoms with Gasteiger partial charge in [-0.15, -0.1) is 0 Å². The number of rotatable bonds is 4. The van der Waals surface area contributed by atoms with Gasteiger partial charge in [0.1, 0.15) is 17.1 Å². The van der Waals surface area contributed by atoms with E-state index in [4.69, 9.17) is 4.74 Å². The number of piperidine rings is 1. The zero-order valence-electron chi connectivity index (χ0n) is 19.2. The third kappa shape index (κ3) is 5.69. The number of likely N-dealkylation sites (tertiary alicyclic amines) is 1. The number of nitrogens with one attached hydrogen (secondary N) is 1. The fourth-order valence-corrected chi connectivity index (χ4v) is 4.05. The summed E-state index contributed by atoms with van der Waals surface area (Å²) in [5, 5.41) is 2.66. The molecule has 0 radical (unpaired) electrons. The van der Waals surface area contributed by atoms with Gasteiger partial charge in [0.2, 0.25) is 5.91 Å². The largest absolute Gasteiger partial charge is 0.444 e. The van der Waals surface area contributed by atoms with Crippen LogP contribution in [0.2, 0.25) is 0 Å². The number of carbonyl (C=O) groups excluding carboxylic acids is 2. The molecule has 0 unspecified atom stereocenters. The second kappa shape index (κ2) is 9.21. The van der Waals surface area contributed by atoms with Crippen LogP contribution in [0.5, 0.6) is 0 Å². The van der Waals surface area contributed by atoms with Crippen LogP contribution < -0.4 is 5.32 Å². The van der Waals surface area contributed by atoms with Gasteiger partial charge in [-0.2, -0.15) is 0 Å². The van der Waals surface area contributed by atoms with E-state index in [1.807, 2.05) is 55.8 Å². The minimum absolute atomic E-state index is 0.133. The molecule has 1 aliphatic heterocycles. The number of hydrogen-bond acceptors (Lipinski definition) is 4. The van der Waals surface area contributed by atoms with Crippen LogP contribution in [0.1, 0.15) is 50.7 Å². The highest BCUT2D eigenvalue weighted by molar-refractivity contribution is 5.92. The SMILES string of the molecule is CC(C)(C)OC(=O)N1CCC(c2ccc(NC(=O)Cc3ccn4ccnc4c3)c(F)c2)CC1. The summed E-state index contributed by atoms with van der Waals surface area (Å²) in [5.74, 6) is -0.591. The monoisotopic (exact) mass is 452 g/mol. The van der Waals surface area contributed by atoms with E-state index in [-0.39, 0.29) is 30.0 Å². The second-order valence-corrected chi connectivity index (χ2v) is 9.43. The van der Waals surface area contributed by atoms with Crippen molar-refractivity contribution in [1.82, 2.24) is 14.3 Å². The van der Waals surface area contributed by atoms with Crippen LogP contribution in [0, 0.1) is 5.82 Å². The van der Waals surface area contributed by atoms with E-state index in [9.17, 15) is 14.0 Å². The summed E-state index contributed by atoms with van der Waals surface area (Å²) in [6.07, 6.45) is 6.66. The molecule has 3 aromatic rings. The summed E-state index contributed by atoms with van der Waals surface area (Å²) < 4.78 is 22.0. The standard InChI is InChI=1S/C25H29FN4O3/c1-25(2,3)33-24(32)30-11-7-18(8-12-30)19-4-5-21(20(26)16-19)28-23(31)15-17-6-10-29-13-9-27-22(29)14-17/h4-6,9-10,13-14,16,18H,7-8,11-12,15H2,1-3H3,(H,28,31). The van der Waals surface area contributed by atoms with Gasteiger partial charge in [-0.1, -0.05) is 6.07 Å². The Morgan fingerprint density at radius 3 is 2.61 bits per heavy atom. The van der Waals surface area contributed by atoms with Gasteiger partial charge in [0.15, 0.2) is 0 Å². The van der Waals surface area contributed by atoms with Crippen molar-refractivity contribution >= 4 is 23.3 Å². The molecule has 1 fully saturated rings. The lowest BCUT2D eigenvalue weighted by Gasteiger charge is -2.33. The fourth-order valence-electron chi connectivity index (χ4n) is 4.05. The van der Waals surface area contributed by atoms with Crippen molar-refractivity contribution in [2.75, 3.05) is 18.4 Å². The van der Waals surface area contributed by atoms with E-state index in [0.29, 0.717) is 13.1 Å². The molecular weight excluding hydrogens is 423 g/mol. The lowest BCUT2D eigenvalue weighted by molar-refractivity contribution is -0.115. The average Bonchev–Trinajstić information content (AvgIpc) is 3.22. The van der Waals surface area contributed by atoms with Crippen LogP contribution in [0.15, 0.2) is 48.9 Å². The molecule has 0 aliphatic carbocycles. The number of imidazole rings is 1. The third-order valence-electron chi connectivity index (χ3n) is 5.71. The molecule has 1 aromatic carbocycles. The van der Waals surface area contributed by atoms with Crippen molar-refractivity contribution in [1.29, 1.82) is 0 Å². The lowest BCUT2D eigenvalue weighted by Crippen LogP contribution is -2.41. The first-order valence-corrected chi connectivity index (χ1v) is 11.2. The Morgan fingerprint density at radius 2 is 1.91 bits per heavy atom. The molecule has 3 heterocycles. The molecular formula is C25H29FN4O3. The van der Waals surface area contributed by atoms with Gasteiger partial charge < -0.3 is 19.4 Å². The molecule has 174 valence electrons. The number of anilines is 1. The number of carbonyl (C=O) groups is 2. The summed E-state index contributed by atoms with van der Waals surface area (Å²) in [5.41, 5.74) is 2.08. The van der Waals surface area contributed by atoms with Crippen molar-refractivity contribution in [3.8, 4) is 0 Å². The molecule has 7 nitrogen and oxygen atoms in total. The van der Waals surface area contributed by atoms with Gasteiger partial charge in [0, 0.05) is 31.7 Å². The maximum Gasteiger partial charge on any atom is 0.410 e. The Hall–Kier alpha value is -3.42. The van der Waals surface area contributed by atoms with Crippen molar-refractivity contribution in [2.45, 2.75) is 51.6 Å². The van der Waals surface area contributed by atoms with Crippen LogP contribution in [0.3, 0.4) is 0 Å². The van der Waals surface area contributed by atoms with Crippen molar-refractivity contribution in [2.24, 2.45) is 0 Å². The van der Waals surface area contributed by atoms with E-state index in [0.717, 1.165) is 29.6 Å². The molecule has 0 saturated carbocycles. The van der Waals surface area contributed by atoms with E-state index >= 15 is 0 Å². The predicted octanol–water partition coefficient (Wildman–Crippen LogP) is 4.77. The van der Waals surface area contributed by atoms with Crippen LogP contribution in [0.25, 0.3) is 5.65 Å². The normalized spacial score (nSPS) is 15.0. The number of hydrogen-bond donors (Lipinski definition) is 1. The van der Waals surface area contributed by atoms with Crippen LogP contribution in [0.4, 0.5) is 14.9 Å². The number of halogens is 1. The van der Waals surface area contributed by atoms with Crippen LogP contribution in [-0.2, 0) is 16.0 Å². The minimum Gasteiger partial charge on any atom is -0.444 e. The van der Waals surface area contributed by atoms with Crippen molar-refractivity contribution < 1.29 is 18.7 Å². The quantitative estimate of drug-likeness (QED) is 0.619. The van der Waals surface area contributed by atoms with Gasteiger partial charge in [-0.3, -0.25) is 4.79 Å². The smallest absolute Gasteiger partial charge is 0.410 e. The van der Waals surface area contributed by atoms with E-state index in [2.05, 4.69) is 10.3 Å². The maximum absolute atomic E-state index is 14.7. The summed E-state index contributed by atoms with van der Waals surface area (Å²) in [4.78, 5) is 30.6. The van der Waals surface area contributed by atoms with Gasteiger partial charge in [-0.05, 0) is 74.9 Å². The summed E-state index contributed by atoms with van der Waals surface area (Å²) in [6.45, 7) is 6.68. The Bertz CT molecular complexity index is 1160. The minimum atomic E-state index is -0.524. The first-order chi connectivity index (χ1) is 15.7. The highest BCUT2D eigenvalue weighted by Gasteiger charge is 2.27.